The fourth-order valence-electron chi connectivity index (χ4n) is 3.19. The van der Waals surface area contributed by atoms with Crippen LogP contribution in [0.4, 0.5) is 4.39 Å². The molecule has 1 N–H and O–H groups in total. The summed E-state index contributed by atoms with van der Waals surface area (Å²) in [6.45, 7) is 11.3. The maximum atomic E-state index is 13.5. The number of rotatable bonds is 4. The fraction of sp³-hybridized carbons (Fsp3) is 0.364. The highest BCUT2D eigenvalue weighted by Gasteiger charge is 2.23. The largest absolute Gasteiger partial charge is 0.340 e. The molecule has 0 aliphatic heterocycles. The maximum absolute atomic E-state index is 13.5. The molecule has 7 heteroatoms. The second-order valence-corrected chi connectivity index (χ2v) is 8.77. The number of benzene rings is 1. The number of nitrogens with zero attached hydrogens (tertiary/aromatic N) is 5. The lowest BCUT2D eigenvalue weighted by atomic mass is 9.96. The van der Waals surface area contributed by atoms with Crippen molar-refractivity contribution in [1.29, 1.82) is 0 Å². The Morgan fingerprint density at radius 3 is 2.41 bits per heavy atom. The molecule has 4 rings (SSSR count). The van der Waals surface area contributed by atoms with E-state index in [-0.39, 0.29) is 11.2 Å². The van der Waals surface area contributed by atoms with E-state index in [1.54, 1.807) is 12.1 Å². The highest BCUT2D eigenvalue weighted by atomic mass is 19.1. The first-order chi connectivity index (χ1) is 13.7. The minimum absolute atomic E-state index is 0.169. The van der Waals surface area contributed by atoms with Crippen molar-refractivity contribution < 1.29 is 4.39 Å². The van der Waals surface area contributed by atoms with Crippen LogP contribution in [0, 0.1) is 11.7 Å². The Hall–Kier alpha value is -3.09. The average molecular weight is 392 g/mol. The molecule has 4 aromatic rings. The lowest BCUT2D eigenvalue weighted by molar-refractivity contribution is 0.480. The highest BCUT2D eigenvalue weighted by molar-refractivity contribution is 5.80. The van der Waals surface area contributed by atoms with Crippen molar-refractivity contribution >= 4 is 11.2 Å². The van der Waals surface area contributed by atoms with Gasteiger partial charge in [-0.3, -0.25) is 0 Å². The third kappa shape index (κ3) is 3.77. The zero-order valence-corrected chi connectivity index (χ0v) is 17.4. The zero-order chi connectivity index (χ0) is 20.8. The van der Waals surface area contributed by atoms with E-state index in [1.807, 2.05) is 16.8 Å². The molecule has 150 valence electrons. The molecule has 0 aliphatic rings. The maximum Gasteiger partial charge on any atom is 0.179 e. The van der Waals surface area contributed by atoms with Crippen molar-refractivity contribution in [2.24, 2.45) is 5.92 Å². The molecule has 0 amide bonds. The summed E-state index contributed by atoms with van der Waals surface area (Å²) in [6, 6.07) is 10.2. The summed E-state index contributed by atoms with van der Waals surface area (Å²) < 4.78 is 15.3. The van der Waals surface area contributed by atoms with E-state index in [0.29, 0.717) is 5.92 Å². The standard InChI is InChI=1S/C22H25FN6/c1-13(2)12-29-20-17(27-28-29)11-10-16(24-20)19-18(14-6-8-15(23)9-7-14)25-21(26-19)22(3,4)5/h6-11,13H,12H2,1-5H3,(H,25,26). The molecule has 0 unspecified atom stereocenters. The van der Waals surface area contributed by atoms with Crippen LogP contribution < -0.4 is 0 Å². The summed E-state index contributed by atoms with van der Waals surface area (Å²) in [5.74, 6) is 1.01. The van der Waals surface area contributed by atoms with Crippen molar-refractivity contribution in [2.75, 3.05) is 0 Å². The van der Waals surface area contributed by atoms with Crippen molar-refractivity contribution in [3.8, 4) is 22.6 Å². The molecular weight excluding hydrogens is 367 g/mol. The monoisotopic (exact) mass is 392 g/mol. The summed E-state index contributed by atoms with van der Waals surface area (Å²) in [5.41, 5.74) is 4.49. The van der Waals surface area contributed by atoms with Crippen LogP contribution in [0.25, 0.3) is 33.8 Å². The Balaban J connectivity index is 1.89. The molecule has 0 atom stereocenters. The van der Waals surface area contributed by atoms with Gasteiger partial charge >= 0.3 is 0 Å². The lowest BCUT2D eigenvalue weighted by Gasteiger charge is -2.14. The highest BCUT2D eigenvalue weighted by Crippen LogP contribution is 2.33. The number of hydrogen-bond donors (Lipinski definition) is 1. The van der Waals surface area contributed by atoms with Crippen LogP contribution in [-0.2, 0) is 12.0 Å². The smallest absolute Gasteiger partial charge is 0.179 e. The number of hydrogen-bond acceptors (Lipinski definition) is 4. The molecule has 1 aromatic carbocycles. The van der Waals surface area contributed by atoms with Gasteiger partial charge in [0.2, 0.25) is 0 Å². The van der Waals surface area contributed by atoms with E-state index in [2.05, 4.69) is 49.9 Å². The minimum atomic E-state index is -0.273. The number of aromatic amines is 1. The van der Waals surface area contributed by atoms with Crippen molar-refractivity contribution in [2.45, 2.75) is 46.6 Å². The molecule has 3 aromatic heterocycles. The second-order valence-electron chi connectivity index (χ2n) is 8.77. The number of pyridine rings is 1. The second kappa shape index (κ2) is 7.06. The van der Waals surface area contributed by atoms with E-state index in [4.69, 9.17) is 9.97 Å². The van der Waals surface area contributed by atoms with Gasteiger partial charge in [-0.25, -0.2) is 19.0 Å². The van der Waals surface area contributed by atoms with Gasteiger partial charge in [-0.05, 0) is 42.3 Å². The number of halogens is 1. The van der Waals surface area contributed by atoms with E-state index < -0.39 is 0 Å². The van der Waals surface area contributed by atoms with Crippen molar-refractivity contribution in [3.63, 3.8) is 0 Å². The van der Waals surface area contributed by atoms with Crippen molar-refractivity contribution in [1.82, 2.24) is 29.9 Å². The first-order valence-corrected chi connectivity index (χ1v) is 9.79. The third-order valence-electron chi connectivity index (χ3n) is 4.69. The number of aromatic nitrogens is 6. The van der Waals surface area contributed by atoms with Crippen LogP contribution in [-0.4, -0.2) is 29.9 Å². The number of H-pyrrole nitrogens is 1. The summed E-state index contributed by atoms with van der Waals surface area (Å²) in [6.07, 6.45) is 0. The quantitative estimate of drug-likeness (QED) is 0.532. The molecule has 0 saturated carbocycles. The first kappa shape index (κ1) is 19.2. The van der Waals surface area contributed by atoms with Gasteiger partial charge in [0.05, 0.1) is 17.1 Å². The van der Waals surface area contributed by atoms with Crippen LogP contribution in [0.15, 0.2) is 36.4 Å². The Bertz CT molecular complexity index is 1150. The summed E-state index contributed by atoms with van der Waals surface area (Å²) in [4.78, 5) is 13.1. The van der Waals surface area contributed by atoms with Crippen LogP contribution in [0.1, 0.15) is 40.4 Å². The third-order valence-corrected chi connectivity index (χ3v) is 4.69. The van der Waals surface area contributed by atoms with Gasteiger partial charge in [0, 0.05) is 17.5 Å². The summed E-state index contributed by atoms with van der Waals surface area (Å²) in [7, 11) is 0. The van der Waals surface area contributed by atoms with Gasteiger partial charge in [0.1, 0.15) is 17.2 Å². The number of nitrogens with one attached hydrogen (secondary N) is 1. The van der Waals surface area contributed by atoms with Gasteiger partial charge < -0.3 is 4.98 Å². The molecule has 0 fully saturated rings. The fourth-order valence-corrected chi connectivity index (χ4v) is 3.19. The zero-order valence-electron chi connectivity index (χ0n) is 17.4. The summed E-state index contributed by atoms with van der Waals surface area (Å²) in [5, 5.41) is 8.47. The van der Waals surface area contributed by atoms with Gasteiger partial charge in [-0.1, -0.05) is 39.8 Å². The van der Waals surface area contributed by atoms with Crippen LogP contribution in [0.2, 0.25) is 0 Å². The molecule has 0 radical (unpaired) electrons. The molecule has 6 nitrogen and oxygen atoms in total. The van der Waals surface area contributed by atoms with Gasteiger partial charge in [-0.2, -0.15) is 0 Å². The molecule has 29 heavy (non-hydrogen) atoms. The normalized spacial score (nSPS) is 12.2. The number of imidazole rings is 1. The van der Waals surface area contributed by atoms with Crippen LogP contribution in [0.5, 0.6) is 0 Å². The number of fused-ring (bicyclic) bond motifs is 1. The first-order valence-electron chi connectivity index (χ1n) is 9.79. The van der Waals surface area contributed by atoms with E-state index in [1.165, 1.54) is 12.1 Å². The van der Waals surface area contributed by atoms with E-state index >= 15 is 0 Å². The summed E-state index contributed by atoms with van der Waals surface area (Å²) >= 11 is 0. The Morgan fingerprint density at radius 1 is 1.03 bits per heavy atom. The minimum Gasteiger partial charge on any atom is -0.340 e. The van der Waals surface area contributed by atoms with Crippen LogP contribution in [0.3, 0.4) is 0 Å². The van der Waals surface area contributed by atoms with Crippen LogP contribution >= 0.6 is 0 Å². The average Bonchev–Trinajstić information content (AvgIpc) is 3.26. The molecular formula is C22H25FN6. The Labute approximate surface area is 169 Å². The Kier molecular flexibility index (Phi) is 4.68. The molecule has 0 saturated heterocycles. The SMILES string of the molecule is CC(C)Cn1nnc2ccc(-c3[nH]c(C(C)(C)C)nc3-c3ccc(F)cc3)nc21. The Morgan fingerprint density at radius 2 is 1.76 bits per heavy atom. The predicted molar refractivity (Wildman–Crippen MR) is 112 cm³/mol. The van der Waals surface area contributed by atoms with Gasteiger partial charge in [-0.15, -0.1) is 5.10 Å². The molecule has 0 spiro atoms. The van der Waals surface area contributed by atoms with E-state index in [9.17, 15) is 4.39 Å². The van der Waals surface area contributed by atoms with Gasteiger partial charge in [0.15, 0.2) is 5.65 Å². The molecule has 0 bridgehead atoms. The molecule has 0 aliphatic carbocycles. The molecule has 3 heterocycles. The van der Waals surface area contributed by atoms with Crippen molar-refractivity contribution in [3.05, 3.63) is 48.0 Å². The van der Waals surface area contributed by atoms with E-state index in [0.717, 1.165) is 46.2 Å². The lowest BCUT2D eigenvalue weighted by Crippen LogP contribution is -2.13. The predicted octanol–water partition coefficient (Wildman–Crippen LogP) is 4.98. The van der Waals surface area contributed by atoms with Gasteiger partial charge in [0.25, 0.3) is 0 Å². The topological polar surface area (TPSA) is 72.3 Å².